The molecular weight excluding hydrogens is 454 g/mol. The predicted molar refractivity (Wildman–Crippen MR) is 93.9 cm³/mol. The number of phenolic OH excluding ortho intramolecular Hbond substituents is 2. The van der Waals surface area contributed by atoms with Gasteiger partial charge in [0.1, 0.15) is 0 Å². The lowest BCUT2D eigenvalue weighted by Gasteiger charge is -2.11. The summed E-state index contributed by atoms with van der Waals surface area (Å²) >= 11 is 6.13. The van der Waals surface area contributed by atoms with Crippen LogP contribution in [0.25, 0.3) is 0 Å². The van der Waals surface area contributed by atoms with Crippen molar-refractivity contribution in [3.63, 3.8) is 0 Å². The molecule has 2 rings (SSSR count). The number of hydrogen-bond donors (Lipinski definition) is 2. The summed E-state index contributed by atoms with van der Waals surface area (Å²) in [6.07, 6.45) is 0. The van der Waals surface area contributed by atoms with Gasteiger partial charge in [-0.05, 0) is 38.1 Å². The number of phenols is 2. The lowest BCUT2D eigenvalue weighted by molar-refractivity contribution is 0.275. The lowest BCUT2D eigenvalue weighted by atomic mass is 10.3. The average Bonchev–Trinajstić information content (AvgIpc) is 2.49. The topological polar surface area (TPSA) is 58.9 Å². The molecule has 0 saturated heterocycles. The van der Waals surface area contributed by atoms with Gasteiger partial charge < -0.3 is 19.7 Å². The maximum atomic E-state index is 13.4. The summed E-state index contributed by atoms with van der Waals surface area (Å²) in [5.41, 5.74) is 0. The van der Waals surface area contributed by atoms with Crippen LogP contribution in [0, 0.1) is 11.6 Å². The molecular formula is C16H16Br2F2O4. The second-order valence-electron chi connectivity index (χ2n) is 4.34. The van der Waals surface area contributed by atoms with Gasteiger partial charge in [-0.3, -0.25) is 0 Å². The highest BCUT2D eigenvalue weighted by Gasteiger charge is 2.12. The molecule has 0 radical (unpaired) electrons. The maximum absolute atomic E-state index is 13.4. The zero-order chi connectivity index (χ0) is 18.3. The van der Waals surface area contributed by atoms with Crippen molar-refractivity contribution in [1.82, 2.24) is 0 Å². The maximum Gasteiger partial charge on any atom is 0.197 e. The van der Waals surface area contributed by atoms with E-state index >= 15 is 0 Å². The molecule has 2 aromatic carbocycles. The SMILES string of the molecule is CCOc1cc(Br)cc(F)c1OCC.Oc1cc(Br)cc(F)c1O. The zero-order valence-corrected chi connectivity index (χ0v) is 16.1. The normalized spacial score (nSPS) is 9.92. The third kappa shape index (κ3) is 5.83. The van der Waals surface area contributed by atoms with Crippen molar-refractivity contribution in [1.29, 1.82) is 0 Å². The van der Waals surface area contributed by atoms with E-state index in [4.69, 9.17) is 19.7 Å². The first kappa shape index (κ1) is 20.5. The quantitative estimate of drug-likeness (QED) is 0.590. The Hall–Kier alpha value is -1.54. The first-order valence-corrected chi connectivity index (χ1v) is 8.50. The van der Waals surface area contributed by atoms with Crippen molar-refractivity contribution in [3.8, 4) is 23.0 Å². The molecule has 0 spiro atoms. The minimum Gasteiger partial charge on any atom is -0.504 e. The van der Waals surface area contributed by atoms with E-state index in [1.165, 1.54) is 12.1 Å². The molecule has 0 bridgehead atoms. The van der Waals surface area contributed by atoms with Gasteiger partial charge in [0.2, 0.25) is 0 Å². The largest absolute Gasteiger partial charge is 0.504 e. The smallest absolute Gasteiger partial charge is 0.197 e. The second-order valence-corrected chi connectivity index (χ2v) is 6.17. The standard InChI is InChI=1S/C10H12BrFO2.C6H4BrFO2/c1-3-13-9-6-7(11)5-8(12)10(9)14-4-2;7-3-1-4(8)6(10)5(9)2-3/h5-6H,3-4H2,1-2H3;1-2,9-10H. The summed E-state index contributed by atoms with van der Waals surface area (Å²) < 4.78 is 37.2. The van der Waals surface area contributed by atoms with Gasteiger partial charge >= 0.3 is 0 Å². The molecule has 2 N–H and O–H groups in total. The van der Waals surface area contributed by atoms with Crippen molar-refractivity contribution >= 4 is 31.9 Å². The lowest BCUT2D eigenvalue weighted by Crippen LogP contribution is -2.00. The molecule has 24 heavy (non-hydrogen) atoms. The van der Waals surface area contributed by atoms with E-state index in [0.717, 1.165) is 6.07 Å². The minimum absolute atomic E-state index is 0.178. The molecule has 132 valence electrons. The Kier molecular flexibility index (Phi) is 8.27. The molecule has 0 amide bonds. The minimum atomic E-state index is -0.841. The van der Waals surface area contributed by atoms with Crippen LogP contribution in [0.3, 0.4) is 0 Å². The molecule has 0 heterocycles. The predicted octanol–water partition coefficient (Wildman–Crippen LogP) is 5.39. The van der Waals surface area contributed by atoms with E-state index in [2.05, 4.69) is 31.9 Å². The number of aromatic hydroxyl groups is 2. The van der Waals surface area contributed by atoms with E-state index in [1.807, 2.05) is 6.92 Å². The molecule has 4 nitrogen and oxygen atoms in total. The Labute approximate surface area is 155 Å². The van der Waals surface area contributed by atoms with E-state index < -0.39 is 23.1 Å². The van der Waals surface area contributed by atoms with Crippen LogP contribution in [0.15, 0.2) is 33.2 Å². The molecule has 0 aromatic heterocycles. The van der Waals surface area contributed by atoms with Gasteiger partial charge in [0.25, 0.3) is 0 Å². The van der Waals surface area contributed by atoms with Crippen LogP contribution in [0.1, 0.15) is 13.8 Å². The van der Waals surface area contributed by atoms with Gasteiger partial charge in [0.15, 0.2) is 34.6 Å². The molecule has 8 heteroatoms. The number of halogens is 4. The van der Waals surface area contributed by atoms with Crippen LogP contribution in [0.5, 0.6) is 23.0 Å². The van der Waals surface area contributed by atoms with Crippen molar-refractivity contribution in [2.45, 2.75) is 13.8 Å². The zero-order valence-electron chi connectivity index (χ0n) is 12.9. The molecule has 2 aromatic rings. The number of ether oxygens (including phenoxy) is 2. The van der Waals surface area contributed by atoms with Crippen LogP contribution >= 0.6 is 31.9 Å². The van der Waals surface area contributed by atoms with Crippen LogP contribution in [-0.4, -0.2) is 23.4 Å². The van der Waals surface area contributed by atoms with Crippen LogP contribution < -0.4 is 9.47 Å². The van der Waals surface area contributed by atoms with Gasteiger partial charge in [0, 0.05) is 8.95 Å². The van der Waals surface area contributed by atoms with E-state index in [-0.39, 0.29) is 5.75 Å². The van der Waals surface area contributed by atoms with Crippen LogP contribution in [0.4, 0.5) is 8.78 Å². The van der Waals surface area contributed by atoms with Gasteiger partial charge in [-0.15, -0.1) is 0 Å². The molecule has 0 atom stereocenters. The molecule has 0 aliphatic rings. The second kappa shape index (κ2) is 9.68. The summed E-state index contributed by atoms with van der Waals surface area (Å²) in [6.45, 7) is 4.54. The molecule has 0 unspecified atom stereocenters. The monoisotopic (exact) mass is 468 g/mol. The highest BCUT2D eigenvalue weighted by atomic mass is 79.9. The van der Waals surface area contributed by atoms with E-state index in [0.29, 0.717) is 27.9 Å². The molecule has 0 saturated carbocycles. The summed E-state index contributed by atoms with van der Waals surface area (Å²) in [5.74, 6) is -1.83. The van der Waals surface area contributed by atoms with Crippen molar-refractivity contribution in [2.24, 2.45) is 0 Å². The van der Waals surface area contributed by atoms with Gasteiger partial charge in [0.05, 0.1) is 13.2 Å². The van der Waals surface area contributed by atoms with Gasteiger partial charge in [-0.2, -0.15) is 0 Å². The molecule has 0 aliphatic carbocycles. The van der Waals surface area contributed by atoms with Crippen molar-refractivity contribution in [3.05, 3.63) is 44.8 Å². The van der Waals surface area contributed by atoms with Gasteiger partial charge in [-0.1, -0.05) is 31.9 Å². The summed E-state index contributed by atoms with van der Waals surface area (Å²) in [4.78, 5) is 0. The Morgan fingerprint density at radius 2 is 1.42 bits per heavy atom. The first-order valence-electron chi connectivity index (χ1n) is 6.91. The van der Waals surface area contributed by atoms with E-state index in [1.54, 1.807) is 13.0 Å². The molecule has 0 aliphatic heterocycles. The van der Waals surface area contributed by atoms with Crippen molar-refractivity contribution in [2.75, 3.05) is 13.2 Å². The fraction of sp³-hybridized carbons (Fsp3) is 0.250. The van der Waals surface area contributed by atoms with Gasteiger partial charge in [-0.25, -0.2) is 8.78 Å². The third-order valence-corrected chi connectivity index (χ3v) is 3.49. The third-order valence-electron chi connectivity index (χ3n) is 2.57. The average molecular weight is 470 g/mol. The molecule has 0 fully saturated rings. The summed E-state index contributed by atoms with van der Waals surface area (Å²) in [5, 5.41) is 17.4. The van der Waals surface area contributed by atoms with Crippen molar-refractivity contribution < 1.29 is 28.5 Å². The Bertz CT molecular complexity index is 673. The fourth-order valence-corrected chi connectivity index (χ4v) is 2.46. The Balaban J connectivity index is 0.000000254. The summed E-state index contributed by atoms with van der Waals surface area (Å²) in [7, 11) is 0. The number of hydrogen-bond acceptors (Lipinski definition) is 4. The summed E-state index contributed by atoms with van der Waals surface area (Å²) in [6, 6.07) is 5.32. The first-order chi connectivity index (χ1) is 11.3. The fourth-order valence-electron chi connectivity index (χ4n) is 1.64. The highest BCUT2D eigenvalue weighted by molar-refractivity contribution is 9.10. The Morgan fingerprint density at radius 3 is 1.96 bits per heavy atom. The van der Waals surface area contributed by atoms with Crippen LogP contribution in [0.2, 0.25) is 0 Å². The Morgan fingerprint density at radius 1 is 0.875 bits per heavy atom. The number of benzene rings is 2. The van der Waals surface area contributed by atoms with Crippen LogP contribution in [-0.2, 0) is 0 Å². The highest BCUT2D eigenvalue weighted by Crippen LogP contribution is 2.34. The number of rotatable bonds is 4. The van der Waals surface area contributed by atoms with E-state index in [9.17, 15) is 8.78 Å².